The largest absolute Gasteiger partial charge is 0.292 e. The molecule has 1 unspecified atom stereocenters. The Balaban J connectivity index is 3.79. The Morgan fingerprint density at radius 2 is 2.00 bits per heavy atom. The maximum atomic E-state index is 10.9. The van der Waals surface area contributed by atoms with Gasteiger partial charge in [-0.1, -0.05) is 6.58 Å². The molecule has 0 aromatic heterocycles. The van der Waals surface area contributed by atoms with E-state index in [1.807, 2.05) is 20.8 Å². The average Bonchev–Trinajstić information content (AvgIpc) is 1.97. The Kier molecular flexibility index (Phi) is 4.13. The number of ketones is 1. The molecule has 0 aromatic carbocycles. The third-order valence-electron chi connectivity index (χ3n) is 1.04. The summed E-state index contributed by atoms with van der Waals surface area (Å²) in [6.45, 7) is 10.5. The summed E-state index contributed by atoms with van der Waals surface area (Å²) in [6.07, 6.45) is 0.637. The molecule has 0 spiro atoms. The SMILES string of the molecule is C=CC(=O)C(C)OOC(C)(C)C. The number of hydrogen-bond donors (Lipinski definition) is 0. The minimum atomic E-state index is -0.582. The van der Waals surface area contributed by atoms with Crippen molar-refractivity contribution in [1.82, 2.24) is 0 Å². The lowest BCUT2D eigenvalue weighted by Crippen LogP contribution is -2.26. The molecule has 0 heterocycles. The minimum Gasteiger partial charge on any atom is -0.292 e. The van der Waals surface area contributed by atoms with Crippen LogP contribution in [0.4, 0.5) is 0 Å². The molecule has 0 aliphatic rings. The van der Waals surface area contributed by atoms with E-state index < -0.39 is 11.7 Å². The number of rotatable bonds is 4. The van der Waals surface area contributed by atoms with E-state index in [-0.39, 0.29) is 5.78 Å². The van der Waals surface area contributed by atoms with Crippen molar-refractivity contribution in [2.24, 2.45) is 0 Å². The van der Waals surface area contributed by atoms with Gasteiger partial charge in [0.25, 0.3) is 0 Å². The highest BCUT2D eigenvalue weighted by atomic mass is 17.2. The van der Waals surface area contributed by atoms with Gasteiger partial charge >= 0.3 is 0 Å². The Hall–Kier alpha value is -0.670. The normalized spacial score (nSPS) is 14.0. The van der Waals surface area contributed by atoms with Gasteiger partial charge in [0, 0.05) is 0 Å². The molecule has 0 saturated carbocycles. The van der Waals surface area contributed by atoms with Gasteiger partial charge in [-0.15, -0.1) is 0 Å². The van der Waals surface area contributed by atoms with E-state index in [2.05, 4.69) is 6.58 Å². The van der Waals surface area contributed by atoms with Crippen LogP contribution in [0.3, 0.4) is 0 Å². The predicted octanol–water partition coefficient (Wildman–Crippen LogP) is 1.88. The summed E-state index contributed by atoms with van der Waals surface area (Å²) in [7, 11) is 0. The van der Waals surface area contributed by atoms with Crippen LogP contribution in [-0.4, -0.2) is 17.5 Å². The molecule has 0 rings (SSSR count). The molecule has 0 fully saturated rings. The molecule has 70 valence electrons. The van der Waals surface area contributed by atoms with Crippen molar-refractivity contribution in [2.75, 3.05) is 0 Å². The van der Waals surface area contributed by atoms with E-state index in [9.17, 15) is 4.79 Å². The zero-order valence-electron chi connectivity index (χ0n) is 8.09. The molecular weight excluding hydrogens is 156 g/mol. The zero-order valence-corrected chi connectivity index (χ0v) is 8.09. The first-order valence-electron chi connectivity index (χ1n) is 3.87. The van der Waals surface area contributed by atoms with Crippen LogP contribution in [0, 0.1) is 0 Å². The maximum absolute atomic E-state index is 10.9. The van der Waals surface area contributed by atoms with Crippen LogP contribution in [0.25, 0.3) is 0 Å². The van der Waals surface area contributed by atoms with Gasteiger partial charge in [0.1, 0.15) is 0 Å². The number of hydrogen-bond acceptors (Lipinski definition) is 3. The highest BCUT2D eigenvalue weighted by Crippen LogP contribution is 2.09. The van der Waals surface area contributed by atoms with Gasteiger partial charge in [-0.2, -0.15) is 0 Å². The molecule has 3 nitrogen and oxygen atoms in total. The van der Waals surface area contributed by atoms with E-state index in [1.54, 1.807) is 6.92 Å². The van der Waals surface area contributed by atoms with Gasteiger partial charge in [-0.25, -0.2) is 9.78 Å². The third-order valence-corrected chi connectivity index (χ3v) is 1.04. The van der Waals surface area contributed by atoms with Crippen LogP contribution < -0.4 is 0 Å². The van der Waals surface area contributed by atoms with Gasteiger partial charge in [-0.05, 0) is 33.8 Å². The fourth-order valence-corrected chi connectivity index (χ4v) is 0.430. The van der Waals surface area contributed by atoms with Crippen molar-refractivity contribution in [3.8, 4) is 0 Å². The van der Waals surface area contributed by atoms with E-state index in [0.717, 1.165) is 0 Å². The van der Waals surface area contributed by atoms with Crippen LogP contribution in [0.5, 0.6) is 0 Å². The Morgan fingerprint density at radius 1 is 1.50 bits per heavy atom. The molecule has 0 N–H and O–H groups in total. The summed E-state index contributed by atoms with van der Waals surface area (Å²) in [5.41, 5.74) is -0.393. The van der Waals surface area contributed by atoms with Gasteiger partial charge in [0.15, 0.2) is 11.9 Å². The van der Waals surface area contributed by atoms with Crippen molar-refractivity contribution in [3.05, 3.63) is 12.7 Å². The van der Waals surface area contributed by atoms with Crippen molar-refractivity contribution in [2.45, 2.75) is 39.4 Å². The third kappa shape index (κ3) is 5.04. The highest BCUT2D eigenvalue weighted by Gasteiger charge is 2.16. The van der Waals surface area contributed by atoms with Crippen LogP contribution >= 0.6 is 0 Å². The van der Waals surface area contributed by atoms with Gasteiger partial charge in [0.05, 0.1) is 5.60 Å². The lowest BCUT2D eigenvalue weighted by Gasteiger charge is -2.19. The second-order valence-electron chi connectivity index (χ2n) is 3.54. The second-order valence-corrected chi connectivity index (χ2v) is 3.54. The van der Waals surface area contributed by atoms with Crippen molar-refractivity contribution < 1.29 is 14.6 Å². The molecule has 0 amide bonds. The van der Waals surface area contributed by atoms with Crippen LogP contribution in [-0.2, 0) is 14.6 Å². The van der Waals surface area contributed by atoms with Crippen molar-refractivity contribution in [1.29, 1.82) is 0 Å². The molecule has 0 aliphatic carbocycles. The summed E-state index contributed by atoms with van der Waals surface area (Å²) < 4.78 is 0. The predicted molar refractivity (Wildman–Crippen MR) is 46.6 cm³/mol. The highest BCUT2D eigenvalue weighted by molar-refractivity contribution is 5.92. The zero-order chi connectivity index (χ0) is 9.78. The van der Waals surface area contributed by atoms with Crippen LogP contribution in [0.2, 0.25) is 0 Å². The fraction of sp³-hybridized carbons (Fsp3) is 0.667. The maximum Gasteiger partial charge on any atom is 0.186 e. The smallest absolute Gasteiger partial charge is 0.186 e. The average molecular weight is 172 g/mol. The summed E-state index contributed by atoms with van der Waals surface area (Å²) in [6, 6.07) is 0. The monoisotopic (exact) mass is 172 g/mol. The topological polar surface area (TPSA) is 35.5 Å². The Labute approximate surface area is 73.3 Å². The molecule has 0 saturated heterocycles. The quantitative estimate of drug-likeness (QED) is 0.369. The molecule has 0 aliphatic heterocycles. The second kappa shape index (κ2) is 4.38. The molecule has 0 aromatic rings. The van der Waals surface area contributed by atoms with E-state index >= 15 is 0 Å². The standard InChI is InChI=1S/C9H16O3/c1-6-8(10)7(2)11-12-9(3,4)5/h6-7H,1H2,2-5H3. The Bertz CT molecular complexity index is 167. The first kappa shape index (κ1) is 11.3. The summed E-state index contributed by atoms with van der Waals surface area (Å²) >= 11 is 0. The summed E-state index contributed by atoms with van der Waals surface area (Å²) in [4.78, 5) is 20.7. The van der Waals surface area contributed by atoms with Gasteiger partial charge in [-0.3, -0.25) is 4.79 Å². The molecule has 0 radical (unpaired) electrons. The van der Waals surface area contributed by atoms with Crippen LogP contribution in [0.1, 0.15) is 27.7 Å². The number of carbonyl (C=O) groups excluding carboxylic acids is 1. The first-order chi connectivity index (χ1) is 5.37. The lowest BCUT2D eigenvalue weighted by atomic mass is 10.2. The molecule has 1 atom stereocenters. The van der Waals surface area contributed by atoms with Crippen molar-refractivity contribution >= 4 is 5.78 Å². The van der Waals surface area contributed by atoms with Gasteiger partial charge in [0.2, 0.25) is 0 Å². The van der Waals surface area contributed by atoms with E-state index in [1.165, 1.54) is 6.08 Å². The molecular formula is C9H16O3. The molecule has 0 bridgehead atoms. The van der Waals surface area contributed by atoms with E-state index in [0.29, 0.717) is 0 Å². The minimum absolute atomic E-state index is 0.181. The van der Waals surface area contributed by atoms with Crippen molar-refractivity contribution in [3.63, 3.8) is 0 Å². The molecule has 3 heteroatoms. The lowest BCUT2D eigenvalue weighted by molar-refractivity contribution is -0.361. The van der Waals surface area contributed by atoms with Gasteiger partial charge < -0.3 is 0 Å². The molecule has 12 heavy (non-hydrogen) atoms. The first-order valence-corrected chi connectivity index (χ1v) is 3.87. The van der Waals surface area contributed by atoms with Crippen LogP contribution in [0.15, 0.2) is 12.7 Å². The summed E-state index contributed by atoms with van der Waals surface area (Å²) in [5.74, 6) is -0.181. The number of carbonyl (C=O) groups is 1. The fourth-order valence-electron chi connectivity index (χ4n) is 0.430. The van der Waals surface area contributed by atoms with E-state index in [4.69, 9.17) is 9.78 Å². The Morgan fingerprint density at radius 3 is 2.33 bits per heavy atom. The summed E-state index contributed by atoms with van der Waals surface area (Å²) in [5, 5.41) is 0.